The highest BCUT2D eigenvalue weighted by Crippen LogP contribution is 2.27. The number of carbonyl (C=O) groups excluding carboxylic acids is 2. The van der Waals surface area contributed by atoms with Crippen LogP contribution in [0.1, 0.15) is 29.6 Å². The quantitative estimate of drug-likeness (QED) is 0.791. The van der Waals surface area contributed by atoms with Gasteiger partial charge in [-0.25, -0.2) is 4.79 Å². The first-order chi connectivity index (χ1) is 12.7. The number of carbonyl (C=O) groups is 2. The third kappa shape index (κ3) is 3.69. The Hall–Kier alpha value is -1.73. The molecule has 3 aliphatic heterocycles. The number of ether oxygens (including phenoxy) is 2. The van der Waals surface area contributed by atoms with Crippen LogP contribution in [0, 0.1) is 0 Å². The fraction of sp³-hybridized carbons (Fsp3) is 0.579. The maximum absolute atomic E-state index is 13.2. The number of cyclic esters (lactones) is 1. The van der Waals surface area contributed by atoms with Crippen molar-refractivity contribution in [1.82, 2.24) is 4.90 Å². The molecular formula is C19H24N2O4S. The lowest BCUT2D eigenvalue weighted by Gasteiger charge is -2.31. The second-order valence-electron chi connectivity index (χ2n) is 6.92. The van der Waals surface area contributed by atoms with Crippen LogP contribution in [0.4, 0.5) is 10.5 Å². The average Bonchev–Trinajstić information content (AvgIpc) is 3.42. The Bertz CT molecular complexity index is 654. The molecule has 7 heteroatoms. The highest BCUT2D eigenvalue weighted by molar-refractivity contribution is 7.99. The highest BCUT2D eigenvalue weighted by Gasteiger charge is 2.31. The van der Waals surface area contributed by atoms with Crippen molar-refractivity contribution in [2.24, 2.45) is 0 Å². The van der Waals surface area contributed by atoms with Gasteiger partial charge in [0.05, 0.1) is 12.6 Å². The van der Waals surface area contributed by atoms with Gasteiger partial charge in [-0.15, -0.1) is 0 Å². The number of nitrogens with zero attached hydrogens (tertiary/aromatic N) is 2. The maximum atomic E-state index is 13.2. The minimum atomic E-state index is -0.327. The molecule has 26 heavy (non-hydrogen) atoms. The molecule has 4 rings (SSSR count). The normalized spacial score (nSPS) is 25.5. The van der Waals surface area contributed by atoms with Gasteiger partial charge < -0.3 is 14.4 Å². The maximum Gasteiger partial charge on any atom is 0.414 e. The second kappa shape index (κ2) is 7.88. The molecule has 6 nitrogen and oxygen atoms in total. The van der Waals surface area contributed by atoms with Crippen molar-refractivity contribution in [3.8, 4) is 0 Å². The summed E-state index contributed by atoms with van der Waals surface area (Å²) in [6.07, 6.45) is 2.98. The van der Waals surface area contributed by atoms with Crippen molar-refractivity contribution in [3.63, 3.8) is 0 Å². The number of hydrogen-bond acceptors (Lipinski definition) is 5. The van der Waals surface area contributed by atoms with E-state index < -0.39 is 0 Å². The van der Waals surface area contributed by atoms with Crippen molar-refractivity contribution in [1.29, 1.82) is 0 Å². The van der Waals surface area contributed by atoms with Crippen LogP contribution in [0.3, 0.4) is 0 Å². The van der Waals surface area contributed by atoms with Gasteiger partial charge in [-0.2, -0.15) is 11.8 Å². The monoisotopic (exact) mass is 376 g/mol. The number of anilines is 1. The van der Waals surface area contributed by atoms with E-state index in [0.717, 1.165) is 43.1 Å². The minimum Gasteiger partial charge on any atom is -0.447 e. The van der Waals surface area contributed by atoms with Crippen LogP contribution >= 0.6 is 11.8 Å². The zero-order valence-corrected chi connectivity index (χ0v) is 15.6. The highest BCUT2D eigenvalue weighted by atomic mass is 32.2. The van der Waals surface area contributed by atoms with Crippen LogP contribution in [0.5, 0.6) is 0 Å². The van der Waals surface area contributed by atoms with Gasteiger partial charge in [0.1, 0.15) is 6.61 Å². The Kier molecular flexibility index (Phi) is 5.36. The first-order valence-electron chi connectivity index (χ1n) is 9.27. The molecule has 3 saturated heterocycles. The van der Waals surface area contributed by atoms with Crippen molar-refractivity contribution in [3.05, 3.63) is 29.8 Å². The Labute approximate surface area is 157 Å². The molecule has 3 heterocycles. The first kappa shape index (κ1) is 17.7. The molecule has 0 aliphatic carbocycles. The summed E-state index contributed by atoms with van der Waals surface area (Å²) >= 11 is 1.91. The van der Waals surface area contributed by atoms with Gasteiger partial charge in [-0.05, 0) is 49.3 Å². The van der Waals surface area contributed by atoms with Crippen LogP contribution in [0.25, 0.3) is 0 Å². The van der Waals surface area contributed by atoms with Crippen LogP contribution in [-0.2, 0) is 9.47 Å². The molecule has 0 N–H and O–H groups in total. The van der Waals surface area contributed by atoms with Crippen molar-refractivity contribution in [2.75, 3.05) is 42.7 Å². The molecule has 3 aliphatic rings. The van der Waals surface area contributed by atoms with Gasteiger partial charge in [0.2, 0.25) is 0 Å². The van der Waals surface area contributed by atoms with E-state index in [1.54, 1.807) is 4.90 Å². The van der Waals surface area contributed by atoms with Crippen LogP contribution in [0.15, 0.2) is 24.3 Å². The third-order valence-electron chi connectivity index (χ3n) is 5.22. The standard InChI is InChI=1S/C19H24N2O4S/c22-18(14-3-5-15(6-4-14)20-8-10-25-19(20)23)21(16-7-11-26-13-16)12-17-2-1-9-24-17/h3-6,16-17H,1-2,7-13H2/t16-,17-/m0/s1. The predicted octanol–water partition coefficient (Wildman–Crippen LogP) is 2.77. The van der Waals surface area contributed by atoms with E-state index in [1.807, 2.05) is 40.9 Å². The fourth-order valence-corrected chi connectivity index (χ4v) is 4.98. The topological polar surface area (TPSA) is 59.1 Å². The van der Waals surface area contributed by atoms with Crippen molar-refractivity contribution < 1.29 is 19.1 Å². The van der Waals surface area contributed by atoms with Crippen LogP contribution in [0.2, 0.25) is 0 Å². The zero-order chi connectivity index (χ0) is 17.9. The van der Waals surface area contributed by atoms with Gasteiger partial charge >= 0.3 is 6.09 Å². The summed E-state index contributed by atoms with van der Waals surface area (Å²) in [4.78, 5) is 28.5. The molecule has 140 valence electrons. The predicted molar refractivity (Wildman–Crippen MR) is 101 cm³/mol. The first-order valence-corrected chi connectivity index (χ1v) is 10.4. The van der Waals surface area contributed by atoms with Gasteiger partial charge in [-0.1, -0.05) is 0 Å². The van der Waals surface area contributed by atoms with E-state index in [1.165, 1.54) is 0 Å². The van der Waals surface area contributed by atoms with Crippen LogP contribution in [-0.4, -0.2) is 66.9 Å². The van der Waals surface area contributed by atoms with Gasteiger partial charge in [0.15, 0.2) is 0 Å². The molecule has 0 spiro atoms. The molecule has 1 aromatic carbocycles. The SMILES string of the molecule is O=C1OCCN1c1ccc(C(=O)N(C[C@@H]2CCCO2)[C@H]2CCSC2)cc1. The lowest BCUT2D eigenvalue weighted by atomic mass is 10.1. The van der Waals surface area contributed by atoms with Gasteiger partial charge in [0.25, 0.3) is 5.91 Å². The molecular weight excluding hydrogens is 352 g/mol. The van der Waals surface area contributed by atoms with E-state index >= 15 is 0 Å². The average molecular weight is 376 g/mol. The van der Waals surface area contributed by atoms with E-state index in [-0.39, 0.29) is 24.1 Å². The third-order valence-corrected chi connectivity index (χ3v) is 6.36. The van der Waals surface area contributed by atoms with E-state index in [4.69, 9.17) is 9.47 Å². The fourth-order valence-electron chi connectivity index (χ4n) is 3.75. The Morgan fingerprint density at radius 3 is 2.69 bits per heavy atom. The zero-order valence-electron chi connectivity index (χ0n) is 14.8. The number of hydrogen-bond donors (Lipinski definition) is 0. The molecule has 2 atom stereocenters. The van der Waals surface area contributed by atoms with Gasteiger partial charge in [-0.3, -0.25) is 9.69 Å². The summed E-state index contributed by atoms with van der Waals surface area (Å²) in [5, 5.41) is 0. The molecule has 0 unspecified atom stereocenters. The lowest BCUT2D eigenvalue weighted by Crippen LogP contribution is -2.44. The molecule has 0 aromatic heterocycles. The van der Waals surface area contributed by atoms with E-state index in [0.29, 0.717) is 25.3 Å². The molecule has 0 bridgehead atoms. The van der Waals surface area contributed by atoms with E-state index in [2.05, 4.69) is 0 Å². The van der Waals surface area contributed by atoms with Gasteiger partial charge in [0, 0.05) is 36.2 Å². The minimum absolute atomic E-state index is 0.0588. The molecule has 2 amide bonds. The lowest BCUT2D eigenvalue weighted by molar-refractivity contribution is 0.0442. The van der Waals surface area contributed by atoms with E-state index in [9.17, 15) is 9.59 Å². The Morgan fingerprint density at radius 2 is 2.08 bits per heavy atom. The number of thioether (sulfide) groups is 1. The summed E-state index contributed by atoms with van der Waals surface area (Å²) in [6.45, 7) is 2.43. The van der Waals surface area contributed by atoms with Crippen LogP contribution < -0.4 is 4.90 Å². The Morgan fingerprint density at radius 1 is 1.23 bits per heavy atom. The summed E-state index contributed by atoms with van der Waals surface area (Å²) in [6, 6.07) is 7.56. The molecule has 0 radical (unpaired) electrons. The van der Waals surface area contributed by atoms with Crippen molar-refractivity contribution in [2.45, 2.75) is 31.4 Å². The number of benzene rings is 1. The second-order valence-corrected chi connectivity index (χ2v) is 8.07. The molecule has 0 saturated carbocycles. The molecule has 3 fully saturated rings. The number of amides is 2. The largest absolute Gasteiger partial charge is 0.447 e. The van der Waals surface area contributed by atoms with Crippen molar-refractivity contribution >= 4 is 29.4 Å². The molecule has 1 aromatic rings. The summed E-state index contributed by atoms with van der Waals surface area (Å²) in [5.74, 6) is 2.16. The summed E-state index contributed by atoms with van der Waals surface area (Å²) in [5.41, 5.74) is 1.43. The summed E-state index contributed by atoms with van der Waals surface area (Å²) in [7, 11) is 0. The smallest absolute Gasteiger partial charge is 0.414 e. The summed E-state index contributed by atoms with van der Waals surface area (Å²) < 4.78 is 10.7. The Balaban J connectivity index is 1.49. The number of rotatable bonds is 5.